The van der Waals surface area contributed by atoms with Gasteiger partial charge in [0.05, 0.1) is 11.7 Å². The van der Waals surface area contributed by atoms with Gasteiger partial charge in [-0.2, -0.15) is 5.10 Å². The molecule has 1 atom stereocenters. The summed E-state index contributed by atoms with van der Waals surface area (Å²) >= 11 is 0. The fraction of sp³-hybridized carbons (Fsp3) is 0.562. The fourth-order valence-electron chi connectivity index (χ4n) is 3.30. The van der Waals surface area contributed by atoms with E-state index in [9.17, 15) is 0 Å². The first-order chi connectivity index (χ1) is 9.88. The Hall–Kier alpha value is -1.39. The Morgan fingerprint density at radius 2 is 2.20 bits per heavy atom. The lowest BCUT2D eigenvalue weighted by Gasteiger charge is -2.25. The van der Waals surface area contributed by atoms with Crippen molar-refractivity contribution in [2.45, 2.75) is 44.3 Å². The lowest BCUT2D eigenvalue weighted by molar-refractivity contribution is 0.231. The van der Waals surface area contributed by atoms with Crippen molar-refractivity contribution >= 4 is 10.9 Å². The molecule has 4 rings (SSSR count). The number of nitrogens with one attached hydrogen (secondary N) is 2. The van der Waals surface area contributed by atoms with Crippen molar-refractivity contribution in [1.82, 2.24) is 20.4 Å². The maximum atomic E-state index is 4.10. The van der Waals surface area contributed by atoms with Crippen molar-refractivity contribution in [3.63, 3.8) is 0 Å². The average Bonchev–Trinajstić information content (AvgIpc) is 2.99. The van der Waals surface area contributed by atoms with Crippen LogP contribution in [0.2, 0.25) is 0 Å². The summed E-state index contributed by atoms with van der Waals surface area (Å²) in [4.78, 5) is 2.67. The van der Waals surface area contributed by atoms with E-state index in [1.165, 1.54) is 49.7 Å². The molecule has 1 aliphatic heterocycles. The molecule has 0 unspecified atom stereocenters. The number of H-pyrrole nitrogens is 1. The van der Waals surface area contributed by atoms with E-state index in [2.05, 4.69) is 38.6 Å². The molecular formula is C16H22N4. The van der Waals surface area contributed by atoms with Crippen LogP contribution >= 0.6 is 0 Å². The van der Waals surface area contributed by atoms with Crippen LogP contribution in [0.5, 0.6) is 0 Å². The molecule has 1 aromatic heterocycles. The molecule has 2 heterocycles. The Morgan fingerprint density at radius 1 is 1.25 bits per heavy atom. The Kier molecular flexibility index (Phi) is 3.20. The van der Waals surface area contributed by atoms with Crippen LogP contribution in [0.15, 0.2) is 24.4 Å². The maximum Gasteiger partial charge on any atom is 0.0653 e. The second-order valence-corrected chi connectivity index (χ2v) is 6.25. The quantitative estimate of drug-likeness (QED) is 0.876. The first-order valence-corrected chi connectivity index (χ1v) is 7.78. The van der Waals surface area contributed by atoms with E-state index in [1.807, 2.05) is 6.20 Å². The minimum Gasteiger partial charge on any atom is -0.313 e. The smallest absolute Gasteiger partial charge is 0.0653 e. The van der Waals surface area contributed by atoms with Gasteiger partial charge in [0.25, 0.3) is 0 Å². The Balaban J connectivity index is 1.48. The summed E-state index contributed by atoms with van der Waals surface area (Å²) in [6.07, 6.45) is 7.31. The number of hydrogen-bond donors (Lipinski definition) is 2. The zero-order chi connectivity index (χ0) is 13.4. The molecule has 2 N–H and O–H groups in total. The summed E-state index contributed by atoms with van der Waals surface area (Å²) in [6.45, 7) is 3.47. The molecular weight excluding hydrogens is 248 g/mol. The van der Waals surface area contributed by atoms with Gasteiger partial charge in [-0.25, -0.2) is 0 Å². The summed E-state index contributed by atoms with van der Waals surface area (Å²) in [5.74, 6) is 0. The lowest BCUT2D eigenvalue weighted by Crippen LogP contribution is -2.38. The van der Waals surface area contributed by atoms with Crippen LogP contribution in [-0.2, 0) is 6.54 Å². The molecule has 4 nitrogen and oxygen atoms in total. The summed E-state index contributed by atoms with van der Waals surface area (Å²) < 4.78 is 0. The number of aromatic amines is 1. The minimum atomic E-state index is 0.700. The predicted molar refractivity (Wildman–Crippen MR) is 80.6 cm³/mol. The number of nitrogens with zero attached hydrogens (tertiary/aromatic N) is 2. The number of fused-ring (bicyclic) bond motifs is 1. The molecule has 0 bridgehead atoms. The van der Waals surface area contributed by atoms with E-state index in [1.54, 1.807) is 0 Å². The third kappa shape index (κ3) is 2.58. The second-order valence-electron chi connectivity index (χ2n) is 6.25. The van der Waals surface area contributed by atoms with Crippen LogP contribution in [0.1, 0.15) is 31.2 Å². The molecule has 2 aliphatic rings. The van der Waals surface area contributed by atoms with Crippen molar-refractivity contribution in [1.29, 1.82) is 0 Å². The van der Waals surface area contributed by atoms with Crippen LogP contribution in [0.3, 0.4) is 0 Å². The van der Waals surface area contributed by atoms with Crippen molar-refractivity contribution in [2.24, 2.45) is 0 Å². The summed E-state index contributed by atoms with van der Waals surface area (Å²) in [5, 5.41) is 12.0. The van der Waals surface area contributed by atoms with E-state index in [-0.39, 0.29) is 0 Å². The van der Waals surface area contributed by atoms with Gasteiger partial charge in [0.15, 0.2) is 0 Å². The van der Waals surface area contributed by atoms with Gasteiger partial charge in [0.1, 0.15) is 0 Å². The van der Waals surface area contributed by atoms with Crippen LogP contribution in [0.4, 0.5) is 0 Å². The normalized spacial score (nSPS) is 22.9. The summed E-state index contributed by atoms with van der Waals surface area (Å²) in [6, 6.07) is 8.18. The third-order valence-electron chi connectivity index (χ3n) is 4.57. The van der Waals surface area contributed by atoms with E-state index in [4.69, 9.17) is 0 Å². The maximum absolute atomic E-state index is 4.10. The molecule has 1 saturated carbocycles. The number of aromatic nitrogens is 2. The zero-order valence-corrected chi connectivity index (χ0v) is 11.8. The van der Waals surface area contributed by atoms with Gasteiger partial charge in [0.2, 0.25) is 0 Å². The molecule has 2 aromatic rings. The van der Waals surface area contributed by atoms with Crippen molar-refractivity contribution < 1.29 is 0 Å². The van der Waals surface area contributed by atoms with Gasteiger partial charge < -0.3 is 5.32 Å². The highest BCUT2D eigenvalue weighted by Gasteiger charge is 2.31. The standard InChI is InChI=1S/C16H22N4/c1-2-14(17-7-1)11-20(15-5-6-15)10-12-3-4-13-9-18-19-16(13)8-12/h3-4,8-9,14-15,17H,1-2,5-7,10-11H2,(H,18,19)/t14-/m0/s1. The first kappa shape index (κ1) is 12.4. The zero-order valence-electron chi connectivity index (χ0n) is 11.8. The highest BCUT2D eigenvalue weighted by atomic mass is 15.2. The molecule has 0 radical (unpaired) electrons. The average molecular weight is 270 g/mol. The van der Waals surface area contributed by atoms with E-state index < -0.39 is 0 Å². The highest BCUT2D eigenvalue weighted by molar-refractivity contribution is 5.78. The number of rotatable bonds is 5. The van der Waals surface area contributed by atoms with E-state index in [0.29, 0.717) is 6.04 Å². The van der Waals surface area contributed by atoms with Crippen LogP contribution in [0.25, 0.3) is 10.9 Å². The van der Waals surface area contributed by atoms with Crippen LogP contribution in [-0.4, -0.2) is 40.3 Å². The topological polar surface area (TPSA) is 44.0 Å². The molecule has 1 saturated heterocycles. The molecule has 2 fully saturated rings. The number of hydrogen-bond acceptors (Lipinski definition) is 3. The fourth-order valence-corrected chi connectivity index (χ4v) is 3.30. The predicted octanol–water partition coefficient (Wildman–Crippen LogP) is 2.28. The van der Waals surface area contributed by atoms with Gasteiger partial charge in [-0.15, -0.1) is 0 Å². The molecule has 0 amide bonds. The molecule has 4 heteroatoms. The SMILES string of the molecule is c1cc2cn[nH]c2cc1CN(C[C@@H]1CCCN1)C1CC1. The van der Waals surface area contributed by atoms with Gasteiger partial charge in [0, 0.05) is 30.6 Å². The Bertz CT molecular complexity index is 581. The Labute approximate surface area is 119 Å². The number of benzene rings is 1. The molecule has 1 aromatic carbocycles. The first-order valence-electron chi connectivity index (χ1n) is 7.78. The van der Waals surface area contributed by atoms with Crippen LogP contribution in [0, 0.1) is 0 Å². The monoisotopic (exact) mass is 270 g/mol. The largest absolute Gasteiger partial charge is 0.313 e. The molecule has 20 heavy (non-hydrogen) atoms. The van der Waals surface area contributed by atoms with Crippen molar-refractivity contribution in [3.05, 3.63) is 30.0 Å². The van der Waals surface area contributed by atoms with Crippen molar-refractivity contribution in [3.8, 4) is 0 Å². The van der Waals surface area contributed by atoms with Crippen LogP contribution < -0.4 is 5.32 Å². The molecule has 0 spiro atoms. The minimum absolute atomic E-state index is 0.700. The molecule has 106 valence electrons. The van der Waals surface area contributed by atoms with Gasteiger partial charge >= 0.3 is 0 Å². The van der Waals surface area contributed by atoms with Gasteiger partial charge in [-0.3, -0.25) is 10.00 Å². The van der Waals surface area contributed by atoms with Crippen molar-refractivity contribution in [2.75, 3.05) is 13.1 Å². The summed E-state index contributed by atoms with van der Waals surface area (Å²) in [7, 11) is 0. The van der Waals surface area contributed by atoms with E-state index >= 15 is 0 Å². The Morgan fingerprint density at radius 3 is 3.00 bits per heavy atom. The lowest BCUT2D eigenvalue weighted by atomic mass is 10.1. The van der Waals surface area contributed by atoms with Gasteiger partial charge in [-0.05, 0) is 43.9 Å². The highest BCUT2D eigenvalue weighted by Crippen LogP contribution is 2.29. The van der Waals surface area contributed by atoms with E-state index in [0.717, 1.165) is 18.1 Å². The third-order valence-corrected chi connectivity index (χ3v) is 4.57. The summed E-state index contributed by atoms with van der Waals surface area (Å²) in [5.41, 5.74) is 2.55. The molecule has 1 aliphatic carbocycles. The second kappa shape index (κ2) is 5.19. The van der Waals surface area contributed by atoms with Gasteiger partial charge in [-0.1, -0.05) is 12.1 Å².